The second kappa shape index (κ2) is 6.90. The summed E-state index contributed by atoms with van der Waals surface area (Å²) in [6, 6.07) is 3.33. The summed E-state index contributed by atoms with van der Waals surface area (Å²) < 4.78 is 4.48. The molecule has 1 amide bonds. The number of esters is 1. The number of rotatable bonds is 5. The van der Waals surface area contributed by atoms with Gasteiger partial charge in [-0.3, -0.25) is 14.9 Å². The molecule has 0 radical (unpaired) electrons. The Kier molecular flexibility index (Phi) is 5.51. The lowest BCUT2D eigenvalue weighted by atomic mass is 10.1. The number of nitrogens with zero attached hydrogens (tertiary/aromatic N) is 1. The highest BCUT2D eigenvalue weighted by molar-refractivity contribution is 7.98. The minimum atomic E-state index is -0.827. The molecule has 0 aliphatic rings. The monoisotopic (exact) mass is 298 g/mol. The molecule has 7 nitrogen and oxygen atoms in total. The number of amides is 1. The third-order valence-electron chi connectivity index (χ3n) is 2.54. The van der Waals surface area contributed by atoms with Gasteiger partial charge in [0.05, 0.1) is 16.9 Å². The van der Waals surface area contributed by atoms with Crippen LogP contribution in [-0.2, 0) is 9.53 Å². The number of benzene rings is 1. The van der Waals surface area contributed by atoms with Crippen LogP contribution < -0.4 is 5.32 Å². The molecule has 0 aliphatic carbocycles. The molecular weight excluding hydrogens is 284 g/mol. The Morgan fingerprint density at radius 2 is 2.10 bits per heavy atom. The number of carbonyl (C=O) groups excluding carboxylic acids is 2. The first kappa shape index (κ1) is 16.0. The maximum atomic E-state index is 11.9. The predicted octanol–water partition coefficient (Wildman–Crippen LogP) is 1.61. The maximum Gasteiger partial charge on any atom is 0.328 e. The van der Waals surface area contributed by atoms with E-state index in [4.69, 9.17) is 0 Å². The van der Waals surface area contributed by atoms with Crippen molar-refractivity contribution in [2.75, 3.05) is 13.4 Å². The summed E-state index contributed by atoms with van der Waals surface area (Å²) >= 11 is 1.22. The fraction of sp³-hybridized carbons (Fsp3) is 0.333. The lowest BCUT2D eigenvalue weighted by Gasteiger charge is -2.11. The fourth-order valence-corrected chi connectivity index (χ4v) is 2.04. The number of nitro groups is 1. The number of thioether (sulfide) groups is 1. The van der Waals surface area contributed by atoms with Crippen molar-refractivity contribution < 1.29 is 19.2 Å². The van der Waals surface area contributed by atoms with Crippen molar-refractivity contribution in [3.63, 3.8) is 0 Å². The molecule has 1 aromatic rings. The van der Waals surface area contributed by atoms with Crippen molar-refractivity contribution >= 4 is 29.3 Å². The summed E-state index contributed by atoms with van der Waals surface area (Å²) in [7, 11) is 1.21. The highest BCUT2D eigenvalue weighted by Gasteiger charge is 2.20. The van der Waals surface area contributed by atoms with Crippen molar-refractivity contribution in [2.24, 2.45) is 0 Å². The van der Waals surface area contributed by atoms with Crippen LogP contribution in [0.2, 0.25) is 0 Å². The zero-order valence-corrected chi connectivity index (χ0v) is 12.0. The van der Waals surface area contributed by atoms with Gasteiger partial charge in [-0.1, -0.05) is 0 Å². The largest absolute Gasteiger partial charge is 0.467 e. The van der Waals surface area contributed by atoms with E-state index in [1.54, 1.807) is 6.26 Å². The molecule has 8 heteroatoms. The number of nitro benzene ring substituents is 1. The summed E-state index contributed by atoms with van der Waals surface area (Å²) in [5.74, 6) is -1.16. The molecule has 0 saturated carbocycles. The first-order chi connectivity index (χ1) is 9.40. The van der Waals surface area contributed by atoms with E-state index in [9.17, 15) is 19.7 Å². The van der Waals surface area contributed by atoms with Crippen LogP contribution in [0.25, 0.3) is 0 Å². The second-order valence-electron chi connectivity index (χ2n) is 3.86. The smallest absolute Gasteiger partial charge is 0.328 e. The van der Waals surface area contributed by atoms with Gasteiger partial charge in [0.2, 0.25) is 0 Å². The summed E-state index contributed by atoms with van der Waals surface area (Å²) in [6.07, 6.45) is 1.71. The van der Waals surface area contributed by atoms with Gasteiger partial charge in [-0.05, 0) is 25.3 Å². The van der Waals surface area contributed by atoms with E-state index in [1.165, 1.54) is 44.0 Å². The predicted molar refractivity (Wildman–Crippen MR) is 73.8 cm³/mol. The van der Waals surface area contributed by atoms with Crippen LogP contribution in [0.5, 0.6) is 0 Å². The average molecular weight is 298 g/mol. The zero-order chi connectivity index (χ0) is 15.3. The minimum absolute atomic E-state index is 0.116. The van der Waals surface area contributed by atoms with Crippen LogP contribution in [-0.4, -0.2) is 36.2 Å². The van der Waals surface area contributed by atoms with E-state index in [1.807, 2.05) is 0 Å². The molecule has 1 rings (SSSR count). The standard InChI is InChI=1S/C12H14N2O5S/c1-7(12(16)19-2)13-11(15)8-4-5-10(20-3)9(6-8)14(17)18/h4-7H,1-3H3,(H,13,15). The molecule has 20 heavy (non-hydrogen) atoms. The Morgan fingerprint density at radius 3 is 2.60 bits per heavy atom. The van der Waals surface area contributed by atoms with Crippen LogP contribution in [0, 0.1) is 10.1 Å². The molecule has 0 aromatic heterocycles. The third kappa shape index (κ3) is 3.70. The van der Waals surface area contributed by atoms with Crippen LogP contribution in [0.1, 0.15) is 17.3 Å². The topological polar surface area (TPSA) is 98.5 Å². The Labute approximate surface area is 119 Å². The molecule has 1 aromatic carbocycles. The van der Waals surface area contributed by atoms with Gasteiger partial charge in [-0.2, -0.15) is 0 Å². The van der Waals surface area contributed by atoms with Gasteiger partial charge >= 0.3 is 5.97 Å². The van der Waals surface area contributed by atoms with Gasteiger partial charge in [-0.25, -0.2) is 4.79 Å². The second-order valence-corrected chi connectivity index (χ2v) is 4.71. The number of hydrogen-bond donors (Lipinski definition) is 1. The third-order valence-corrected chi connectivity index (χ3v) is 3.33. The van der Waals surface area contributed by atoms with Crippen molar-refractivity contribution in [3.8, 4) is 0 Å². The lowest BCUT2D eigenvalue weighted by molar-refractivity contribution is -0.387. The first-order valence-electron chi connectivity index (χ1n) is 5.61. The van der Waals surface area contributed by atoms with Crippen LogP contribution >= 0.6 is 11.8 Å². The number of hydrogen-bond acceptors (Lipinski definition) is 6. The molecule has 0 saturated heterocycles. The van der Waals surface area contributed by atoms with Crippen molar-refractivity contribution in [1.82, 2.24) is 5.32 Å². The van der Waals surface area contributed by atoms with E-state index in [0.717, 1.165) is 0 Å². The van der Waals surface area contributed by atoms with Crippen molar-refractivity contribution in [2.45, 2.75) is 17.9 Å². The number of carbonyl (C=O) groups is 2. The molecule has 0 aliphatic heterocycles. The summed E-state index contributed by atoms with van der Waals surface area (Å²) in [5.41, 5.74) is -0.0267. The van der Waals surface area contributed by atoms with E-state index in [0.29, 0.717) is 4.90 Å². The Balaban J connectivity index is 2.97. The molecule has 0 bridgehead atoms. The normalized spacial score (nSPS) is 11.6. The Morgan fingerprint density at radius 1 is 1.45 bits per heavy atom. The van der Waals surface area contributed by atoms with Gasteiger partial charge < -0.3 is 10.1 Å². The quantitative estimate of drug-likeness (QED) is 0.384. The van der Waals surface area contributed by atoms with Crippen LogP contribution in [0.15, 0.2) is 23.1 Å². The molecule has 0 fully saturated rings. The minimum Gasteiger partial charge on any atom is -0.467 e. The Hall–Kier alpha value is -2.09. The van der Waals surface area contributed by atoms with Crippen molar-refractivity contribution in [3.05, 3.63) is 33.9 Å². The van der Waals surface area contributed by atoms with E-state index in [-0.39, 0.29) is 11.3 Å². The zero-order valence-electron chi connectivity index (χ0n) is 11.2. The van der Waals surface area contributed by atoms with Gasteiger partial charge in [0.25, 0.3) is 11.6 Å². The van der Waals surface area contributed by atoms with E-state index in [2.05, 4.69) is 10.1 Å². The fourth-order valence-electron chi connectivity index (χ4n) is 1.49. The van der Waals surface area contributed by atoms with Crippen LogP contribution in [0.4, 0.5) is 5.69 Å². The first-order valence-corrected chi connectivity index (χ1v) is 6.84. The summed E-state index contributed by atoms with van der Waals surface area (Å²) in [6.45, 7) is 1.47. The summed E-state index contributed by atoms with van der Waals surface area (Å²) in [5, 5.41) is 13.3. The van der Waals surface area contributed by atoms with E-state index >= 15 is 0 Å². The van der Waals surface area contributed by atoms with Crippen molar-refractivity contribution in [1.29, 1.82) is 0 Å². The van der Waals surface area contributed by atoms with E-state index < -0.39 is 22.8 Å². The average Bonchev–Trinajstić information content (AvgIpc) is 2.45. The van der Waals surface area contributed by atoms with Gasteiger partial charge in [-0.15, -0.1) is 11.8 Å². The number of nitrogens with one attached hydrogen (secondary N) is 1. The van der Waals surface area contributed by atoms with Gasteiger partial charge in [0, 0.05) is 11.6 Å². The van der Waals surface area contributed by atoms with Gasteiger partial charge in [0.15, 0.2) is 0 Å². The van der Waals surface area contributed by atoms with Gasteiger partial charge in [0.1, 0.15) is 6.04 Å². The summed E-state index contributed by atoms with van der Waals surface area (Å²) in [4.78, 5) is 33.9. The SMILES string of the molecule is COC(=O)C(C)NC(=O)c1ccc(SC)c([N+](=O)[O-])c1. The molecule has 108 valence electrons. The highest BCUT2D eigenvalue weighted by atomic mass is 32.2. The lowest BCUT2D eigenvalue weighted by Crippen LogP contribution is -2.39. The molecule has 0 spiro atoms. The van der Waals surface area contributed by atoms with Crippen LogP contribution in [0.3, 0.4) is 0 Å². The molecular formula is C12H14N2O5S. The molecule has 0 heterocycles. The maximum absolute atomic E-state index is 11.9. The Bertz CT molecular complexity index is 547. The number of ether oxygens (including phenoxy) is 1. The number of methoxy groups -OCH3 is 1. The highest BCUT2D eigenvalue weighted by Crippen LogP contribution is 2.28. The molecule has 1 atom stereocenters. The molecule has 1 N–H and O–H groups in total. The molecule has 1 unspecified atom stereocenters.